The maximum atomic E-state index is 12.3. The molecule has 30 heavy (non-hydrogen) atoms. The minimum atomic E-state index is -0.267. The van der Waals surface area contributed by atoms with Gasteiger partial charge < -0.3 is 15.2 Å². The number of aromatic nitrogens is 3. The summed E-state index contributed by atoms with van der Waals surface area (Å²) >= 11 is 0. The number of aromatic hydroxyl groups is 1. The van der Waals surface area contributed by atoms with E-state index < -0.39 is 0 Å². The van der Waals surface area contributed by atoms with E-state index in [9.17, 15) is 9.90 Å². The van der Waals surface area contributed by atoms with Gasteiger partial charge in [0.1, 0.15) is 23.0 Å². The van der Waals surface area contributed by atoms with E-state index in [4.69, 9.17) is 9.73 Å². The number of aryl methyl sites for hydroxylation is 1. The van der Waals surface area contributed by atoms with Crippen molar-refractivity contribution >= 4 is 17.3 Å². The maximum Gasteiger partial charge on any atom is 0.246 e. The van der Waals surface area contributed by atoms with Gasteiger partial charge in [0.15, 0.2) is 5.82 Å². The number of ether oxygens (including phenoxy) is 1. The molecule has 0 saturated carbocycles. The van der Waals surface area contributed by atoms with E-state index in [1.165, 1.54) is 6.08 Å². The Morgan fingerprint density at radius 1 is 1.20 bits per heavy atom. The smallest absolute Gasteiger partial charge is 0.246 e. The third kappa shape index (κ3) is 3.43. The lowest BCUT2D eigenvalue weighted by Gasteiger charge is -2.13. The standard InChI is InChI=1S/C22H21N5O3/c1-4-23-20(29)12-18-22-26-25-13(2)27(22)19-10-9-16(30-3)11-17(19)21(24-18)14-5-7-15(28)8-6-14/h5-12,28H,4H2,1-3H3,(H,23,29)/b18-12+. The van der Waals surface area contributed by atoms with E-state index in [1.54, 1.807) is 31.4 Å². The number of phenols is 1. The van der Waals surface area contributed by atoms with Gasteiger partial charge in [-0.15, -0.1) is 10.2 Å². The van der Waals surface area contributed by atoms with Crippen LogP contribution in [0.1, 0.15) is 29.7 Å². The van der Waals surface area contributed by atoms with Gasteiger partial charge in [-0.2, -0.15) is 0 Å². The molecule has 0 atom stereocenters. The first-order valence-electron chi connectivity index (χ1n) is 9.50. The summed E-state index contributed by atoms with van der Waals surface area (Å²) in [6, 6.07) is 12.4. The predicted molar refractivity (Wildman–Crippen MR) is 113 cm³/mol. The van der Waals surface area contributed by atoms with Crippen LogP contribution < -0.4 is 10.1 Å². The SMILES string of the molecule is CCNC(=O)/C=C1/N=C(c2ccc(O)cc2)c2cc(OC)ccc2-n2c(C)nnc21. The lowest BCUT2D eigenvalue weighted by Crippen LogP contribution is -2.20. The van der Waals surface area contributed by atoms with Crippen molar-refractivity contribution in [3.8, 4) is 17.2 Å². The zero-order valence-electron chi connectivity index (χ0n) is 16.9. The highest BCUT2D eigenvalue weighted by Gasteiger charge is 2.25. The zero-order valence-corrected chi connectivity index (χ0v) is 16.9. The van der Waals surface area contributed by atoms with Crippen molar-refractivity contribution in [2.45, 2.75) is 13.8 Å². The summed E-state index contributed by atoms with van der Waals surface area (Å²) in [5, 5.41) is 21.0. The van der Waals surface area contributed by atoms with E-state index >= 15 is 0 Å². The third-order valence-electron chi connectivity index (χ3n) is 4.75. The lowest BCUT2D eigenvalue weighted by molar-refractivity contribution is -0.116. The Labute approximate surface area is 173 Å². The van der Waals surface area contributed by atoms with Crippen molar-refractivity contribution in [3.05, 3.63) is 71.3 Å². The summed E-state index contributed by atoms with van der Waals surface area (Å²) in [6.45, 7) is 4.20. The Balaban J connectivity index is 2.03. The van der Waals surface area contributed by atoms with Gasteiger partial charge in [-0.1, -0.05) is 0 Å². The molecular formula is C22H21N5O3. The number of fused-ring (bicyclic) bond motifs is 3. The Kier molecular flexibility index (Phi) is 5.05. The lowest BCUT2D eigenvalue weighted by atomic mass is 10.00. The second kappa shape index (κ2) is 7.82. The number of aliphatic imine (C=N–C) groups is 1. The van der Waals surface area contributed by atoms with Crippen molar-refractivity contribution in [3.63, 3.8) is 0 Å². The van der Waals surface area contributed by atoms with Crippen LogP contribution in [-0.2, 0) is 4.79 Å². The van der Waals surface area contributed by atoms with Crippen LogP contribution in [0, 0.1) is 6.92 Å². The molecule has 0 spiro atoms. The molecule has 8 heteroatoms. The van der Waals surface area contributed by atoms with E-state index in [1.807, 2.05) is 36.6 Å². The molecule has 152 valence electrons. The molecule has 2 aromatic carbocycles. The van der Waals surface area contributed by atoms with Gasteiger partial charge in [-0.05, 0) is 56.3 Å². The molecule has 1 aliphatic heterocycles. The Morgan fingerprint density at radius 3 is 2.67 bits per heavy atom. The molecule has 0 aliphatic carbocycles. The van der Waals surface area contributed by atoms with Crippen LogP contribution in [0.2, 0.25) is 0 Å². The normalized spacial score (nSPS) is 13.8. The Morgan fingerprint density at radius 2 is 1.97 bits per heavy atom. The predicted octanol–water partition coefficient (Wildman–Crippen LogP) is 2.62. The van der Waals surface area contributed by atoms with Crippen LogP contribution in [0.3, 0.4) is 0 Å². The second-order valence-corrected chi connectivity index (χ2v) is 6.72. The van der Waals surface area contributed by atoms with Gasteiger partial charge in [0.2, 0.25) is 5.91 Å². The summed E-state index contributed by atoms with van der Waals surface area (Å²) in [6.07, 6.45) is 1.42. The van der Waals surface area contributed by atoms with Crippen LogP contribution in [-0.4, -0.2) is 45.1 Å². The number of carbonyl (C=O) groups excluding carboxylic acids is 1. The van der Waals surface area contributed by atoms with Gasteiger partial charge in [0.05, 0.1) is 18.5 Å². The Bertz CT molecular complexity index is 1180. The molecule has 0 radical (unpaired) electrons. The number of nitrogens with one attached hydrogen (secondary N) is 1. The number of methoxy groups -OCH3 is 1. The highest BCUT2D eigenvalue weighted by atomic mass is 16.5. The quantitative estimate of drug-likeness (QED) is 0.652. The molecule has 0 fully saturated rings. The number of rotatable bonds is 4. The number of benzene rings is 2. The molecule has 1 aliphatic rings. The highest BCUT2D eigenvalue weighted by Crippen LogP contribution is 2.32. The largest absolute Gasteiger partial charge is 0.508 e. The van der Waals surface area contributed by atoms with Crippen molar-refractivity contribution in [2.24, 2.45) is 4.99 Å². The first kappa shape index (κ1) is 19.4. The van der Waals surface area contributed by atoms with Gasteiger partial charge in [-0.3, -0.25) is 9.36 Å². The molecule has 1 aromatic heterocycles. The zero-order chi connectivity index (χ0) is 21.3. The number of likely N-dealkylation sites (N-methyl/N-ethyl adjacent to an activating group) is 1. The van der Waals surface area contributed by atoms with Gasteiger partial charge in [-0.25, -0.2) is 4.99 Å². The van der Waals surface area contributed by atoms with Crippen LogP contribution in [0.25, 0.3) is 11.4 Å². The van der Waals surface area contributed by atoms with Gasteiger partial charge >= 0.3 is 0 Å². The molecule has 2 N–H and O–H groups in total. The monoisotopic (exact) mass is 403 g/mol. The van der Waals surface area contributed by atoms with Crippen LogP contribution in [0.5, 0.6) is 11.5 Å². The number of hydrogen-bond acceptors (Lipinski definition) is 6. The third-order valence-corrected chi connectivity index (χ3v) is 4.75. The van der Waals surface area contributed by atoms with Crippen molar-refractivity contribution in [1.82, 2.24) is 20.1 Å². The van der Waals surface area contributed by atoms with E-state index in [0.29, 0.717) is 35.4 Å². The molecule has 1 amide bonds. The summed E-state index contributed by atoms with van der Waals surface area (Å²) in [5.74, 6) is 1.70. The number of nitrogens with zero attached hydrogens (tertiary/aromatic N) is 4. The van der Waals surface area contributed by atoms with Crippen LogP contribution >= 0.6 is 0 Å². The first-order chi connectivity index (χ1) is 14.5. The molecule has 3 aromatic rings. The molecule has 0 bridgehead atoms. The minimum Gasteiger partial charge on any atom is -0.508 e. The minimum absolute atomic E-state index is 0.157. The second-order valence-electron chi connectivity index (χ2n) is 6.72. The molecule has 4 rings (SSSR count). The number of hydrogen-bond donors (Lipinski definition) is 2. The van der Waals surface area contributed by atoms with E-state index in [0.717, 1.165) is 16.8 Å². The summed E-state index contributed by atoms with van der Waals surface area (Å²) < 4.78 is 7.30. The highest BCUT2D eigenvalue weighted by molar-refractivity contribution is 6.18. The average Bonchev–Trinajstić information content (AvgIpc) is 3.06. The van der Waals surface area contributed by atoms with Crippen molar-refractivity contribution in [1.29, 1.82) is 0 Å². The van der Waals surface area contributed by atoms with Crippen molar-refractivity contribution < 1.29 is 14.6 Å². The average molecular weight is 403 g/mol. The van der Waals surface area contributed by atoms with Gasteiger partial charge in [0.25, 0.3) is 0 Å². The van der Waals surface area contributed by atoms with E-state index in [-0.39, 0.29) is 11.7 Å². The van der Waals surface area contributed by atoms with Crippen molar-refractivity contribution in [2.75, 3.05) is 13.7 Å². The fourth-order valence-corrected chi connectivity index (χ4v) is 3.36. The maximum absolute atomic E-state index is 12.3. The topological polar surface area (TPSA) is 102 Å². The first-order valence-corrected chi connectivity index (χ1v) is 9.50. The van der Waals surface area contributed by atoms with Gasteiger partial charge in [0, 0.05) is 23.7 Å². The van der Waals surface area contributed by atoms with Crippen LogP contribution in [0.4, 0.5) is 0 Å². The molecular weight excluding hydrogens is 382 g/mol. The molecule has 0 saturated heterocycles. The summed E-state index contributed by atoms with van der Waals surface area (Å²) in [5.41, 5.74) is 3.41. The molecule has 0 unspecified atom stereocenters. The van der Waals surface area contributed by atoms with Crippen LogP contribution in [0.15, 0.2) is 53.5 Å². The summed E-state index contributed by atoms with van der Waals surface area (Å²) in [7, 11) is 1.60. The molecule has 2 heterocycles. The Hall–Kier alpha value is -3.94. The van der Waals surface area contributed by atoms with E-state index in [2.05, 4.69) is 15.5 Å². The molecule has 8 nitrogen and oxygen atoms in total. The number of carbonyl (C=O) groups is 1. The summed E-state index contributed by atoms with van der Waals surface area (Å²) in [4.78, 5) is 17.2. The number of phenolic OH excluding ortho intramolecular Hbond substituents is 1. The fraction of sp³-hybridized carbons (Fsp3) is 0.182. The number of amides is 1. The fourth-order valence-electron chi connectivity index (χ4n) is 3.36.